The van der Waals surface area contributed by atoms with Crippen molar-refractivity contribution in [1.82, 2.24) is 9.97 Å². The van der Waals surface area contributed by atoms with Crippen LogP contribution < -0.4 is 10.6 Å². The molecule has 0 saturated heterocycles. The molecule has 2 aromatic heterocycles. The van der Waals surface area contributed by atoms with Crippen molar-refractivity contribution in [2.24, 2.45) is 0 Å². The molecular weight excluding hydrogens is 280 g/mol. The lowest BCUT2D eigenvalue weighted by Gasteiger charge is -2.13. The summed E-state index contributed by atoms with van der Waals surface area (Å²) in [5, 5.41) is 6.52. The van der Waals surface area contributed by atoms with Gasteiger partial charge in [-0.3, -0.25) is 0 Å². The van der Waals surface area contributed by atoms with Gasteiger partial charge in [-0.1, -0.05) is 18.5 Å². The second-order valence-electron chi connectivity index (χ2n) is 4.20. The van der Waals surface area contributed by atoms with Crippen molar-refractivity contribution in [1.29, 1.82) is 0 Å². The van der Waals surface area contributed by atoms with Crippen LogP contribution in [0.4, 0.5) is 11.8 Å². The summed E-state index contributed by atoms with van der Waals surface area (Å²) in [6.45, 7) is 5.07. The molecule has 0 saturated carbocycles. The van der Waals surface area contributed by atoms with Gasteiger partial charge in [-0.15, -0.1) is 11.3 Å². The summed E-state index contributed by atoms with van der Waals surface area (Å²) in [6, 6.07) is 5.98. The highest BCUT2D eigenvalue weighted by molar-refractivity contribution is 7.16. The van der Waals surface area contributed by atoms with Crippen LogP contribution in [-0.2, 0) is 0 Å². The van der Waals surface area contributed by atoms with Crippen LogP contribution in [0.15, 0.2) is 24.4 Å². The normalized spacial score (nSPS) is 12.2. The Bertz CT molecular complexity index is 529. The number of nitrogens with one attached hydrogen (secondary N) is 2. The maximum Gasteiger partial charge on any atom is 0.224 e. The minimum Gasteiger partial charge on any atom is -0.363 e. The number of nitrogens with zero attached hydrogens (tertiary/aromatic N) is 2. The molecule has 1 unspecified atom stereocenters. The summed E-state index contributed by atoms with van der Waals surface area (Å²) in [5.41, 5.74) is 0. The van der Waals surface area contributed by atoms with Gasteiger partial charge >= 0.3 is 0 Å². The fourth-order valence-corrected chi connectivity index (χ4v) is 2.68. The van der Waals surface area contributed by atoms with Gasteiger partial charge in [0.2, 0.25) is 5.95 Å². The van der Waals surface area contributed by atoms with Gasteiger partial charge in [-0.05, 0) is 31.5 Å². The Morgan fingerprint density at radius 2 is 2.21 bits per heavy atom. The van der Waals surface area contributed by atoms with E-state index in [1.165, 1.54) is 4.88 Å². The van der Waals surface area contributed by atoms with E-state index in [9.17, 15) is 0 Å². The van der Waals surface area contributed by atoms with E-state index in [1.807, 2.05) is 18.2 Å². The first-order valence-corrected chi connectivity index (χ1v) is 7.47. The molecule has 19 heavy (non-hydrogen) atoms. The van der Waals surface area contributed by atoms with Gasteiger partial charge in [0.15, 0.2) is 0 Å². The number of hydrogen-bond donors (Lipinski definition) is 2. The van der Waals surface area contributed by atoms with Crippen LogP contribution in [0, 0.1) is 0 Å². The van der Waals surface area contributed by atoms with E-state index in [4.69, 9.17) is 11.6 Å². The maximum absolute atomic E-state index is 5.95. The fourth-order valence-electron chi connectivity index (χ4n) is 1.62. The summed E-state index contributed by atoms with van der Waals surface area (Å²) in [4.78, 5) is 9.79. The fraction of sp³-hybridized carbons (Fsp3) is 0.385. The van der Waals surface area contributed by atoms with E-state index >= 15 is 0 Å². The molecule has 2 aromatic rings. The quantitative estimate of drug-likeness (QED) is 0.839. The Hall–Kier alpha value is -1.33. The molecule has 0 aliphatic rings. The first-order valence-electron chi connectivity index (χ1n) is 6.27. The van der Waals surface area contributed by atoms with E-state index < -0.39 is 0 Å². The number of hydrogen-bond acceptors (Lipinski definition) is 5. The van der Waals surface area contributed by atoms with Crippen LogP contribution in [0.25, 0.3) is 0 Å². The van der Waals surface area contributed by atoms with Crippen LogP contribution >= 0.6 is 22.9 Å². The summed E-state index contributed by atoms with van der Waals surface area (Å²) in [5.74, 6) is 1.47. The smallest absolute Gasteiger partial charge is 0.224 e. The van der Waals surface area contributed by atoms with Crippen molar-refractivity contribution < 1.29 is 0 Å². The second-order valence-corrected chi connectivity index (χ2v) is 5.95. The molecule has 2 rings (SSSR count). The number of anilines is 2. The molecule has 0 aliphatic heterocycles. The van der Waals surface area contributed by atoms with Crippen molar-refractivity contribution >= 4 is 34.7 Å². The lowest BCUT2D eigenvalue weighted by Crippen LogP contribution is -2.09. The van der Waals surface area contributed by atoms with Gasteiger partial charge in [0.1, 0.15) is 5.82 Å². The van der Waals surface area contributed by atoms with Gasteiger partial charge in [-0.2, -0.15) is 4.98 Å². The predicted molar refractivity (Wildman–Crippen MR) is 82.2 cm³/mol. The molecule has 2 heterocycles. The van der Waals surface area contributed by atoms with Crippen molar-refractivity contribution in [3.63, 3.8) is 0 Å². The molecular formula is C13H17ClN4S. The molecule has 0 aliphatic carbocycles. The van der Waals surface area contributed by atoms with Crippen LogP contribution in [0.5, 0.6) is 0 Å². The average molecular weight is 297 g/mol. The number of thiophene rings is 1. The highest BCUT2D eigenvalue weighted by Gasteiger charge is 2.09. The van der Waals surface area contributed by atoms with Crippen LogP contribution in [-0.4, -0.2) is 16.5 Å². The van der Waals surface area contributed by atoms with Crippen molar-refractivity contribution in [2.75, 3.05) is 17.2 Å². The molecule has 102 valence electrons. The van der Waals surface area contributed by atoms with Crippen molar-refractivity contribution in [3.05, 3.63) is 33.6 Å². The van der Waals surface area contributed by atoms with E-state index in [1.54, 1.807) is 17.5 Å². The van der Waals surface area contributed by atoms with Crippen LogP contribution in [0.3, 0.4) is 0 Å². The zero-order valence-corrected chi connectivity index (χ0v) is 12.6. The van der Waals surface area contributed by atoms with Gasteiger partial charge in [-0.25, -0.2) is 4.98 Å². The van der Waals surface area contributed by atoms with Crippen molar-refractivity contribution in [3.8, 4) is 0 Å². The molecule has 4 nitrogen and oxygen atoms in total. The Morgan fingerprint density at radius 3 is 2.89 bits per heavy atom. The molecule has 2 N–H and O–H groups in total. The van der Waals surface area contributed by atoms with Gasteiger partial charge < -0.3 is 10.6 Å². The third-order valence-electron chi connectivity index (χ3n) is 2.57. The average Bonchev–Trinajstić information content (AvgIpc) is 2.83. The maximum atomic E-state index is 5.95. The minimum absolute atomic E-state index is 0.173. The Morgan fingerprint density at radius 1 is 1.37 bits per heavy atom. The SMILES string of the molecule is CCCNc1nccc(NC(C)c2ccc(Cl)s2)n1. The zero-order valence-electron chi connectivity index (χ0n) is 11.0. The second kappa shape index (κ2) is 6.73. The summed E-state index contributed by atoms with van der Waals surface area (Å²) < 4.78 is 0.802. The van der Waals surface area contributed by atoms with E-state index in [2.05, 4.69) is 34.4 Å². The molecule has 0 amide bonds. The van der Waals surface area contributed by atoms with Crippen molar-refractivity contribution in [2.45, 2.75) is 26.3 Å². The zero-order chi connectivity index (χ0) is 13.7. The Balaban J connectivity index is 2.02. The summed E-state index contributed by atoms with van der Waals surface area (Å²) in [6.07, 6.45) is 2.80. The molecule has 0 radical (unpaired) electrons. The number of halogens is 1. The minimum atomic E-state index is 0.173. The lowest BCUT2D eigenvalue weighted by atomic mass is 10.3. The van der Waals surface area contributed by atoms with Gasteiger partial charge in [0.25, 0.3) is 0 Å². The van der Waals surface area contributed by atoms with Gasteiger partial charge in [0, 0.05) is 17.6 Å². The highest BCUT2D eigenvalue weighted by atomic mass is 35.5. The Labute approximate surface area is 122 Å². The van der Waals surface area contributed by atoms with Gasteiger partial charge in [0.05, 0.1) is 10.4 Å². The van der Waals surface area contributed by atoms with Crippen LogP contribution in [0.2, 0.25) is 4.34 Å². The standard InChI is InChI=1S/C13H17ClN4S/c1-3-7-15-13-16-8-6-12(18-13)17-9(2)10-4-5-11(14)19-10/h4-6,8-9H,3,7H2,1-2H3,(H2,15,16,17,18). The Kier molecular flexibility index (Phi) is 4.99. The molecule has 6 heteroatoms. The summed E-state index contributed by atoms with van der Waals surface area (Å²) >= 11 is 7.52. The first-order chi connectivity index (χ1) is 9.19. The molecule has 0 aromatic carbocycles. The number of aromatic nitrogens is 2. The lowest BCUT2D eigenvalue weighted by molar-refractivity contribution is 0.889. The molecule has 0 bridgehead atoms. The first kappa shape index (κ1) is 14.1. The van der Waals surface area contributed by atoms with E-state index in [0.29, 0.717) is 5.95 Å². The van der Waals surface area contributed by atoms with Crippen LogP contribution in [0.1, 0.15) is 31.2 Å². The molecule has 0 spiro atoms. The third kappa shape index (κ3) is 4.08. The predicted octanol–water partition coefficient (Wildman–Crippen LogP) is 4.19. The topological polar surface area (TPSA) is 49.8 Å². The third-order valence-corrected chi connectivity index (χ3v) is 3.99. The molecule has 0 fully saturated rings. The highest BCUT2D eigenvalue weighted by Crippen LogP contribution is 2.28. The summed E-state index contributed by atoms with van der Waals surface area (Å²) in [7, 11) is 0. The number of rotatable bonds is 6. The van der Waals surface area contributed by atoms with E-state index in [0.717, 1.165) is 23.1 Å². The van der Waals surface area contributed by atoms with E-state index in [-0.39, 0.29) is 6.04 Å². The largest absolute Gasteiger partial charge is 0.363 e. The monoisotopic (exact) mass is 296 g/mol. The molecule has 1 atom stereocenters.